The van der Waals surface area contributed by atoms with Crippen LogP contribution < -0.4 is 0 Å². The van der Waals surface area contributed by atoms with Gasteiger partial charge >= 0.3 is 35.8 Å². The number of carbonyl (C=O) groups excluding carboxylic acids is 6. The van der Waals surface area contributed by atoms with Crippen LogP contribution in [0.25, 0.3) is 0 Å². The van der Waals surface area contributed by atoms with E-state index in [1.165, 1.54) is 27.7 Å². The van der Waals surface area contributed by atoms with E-state index in [0.717, 1.165) is 0 Å². The van der Waals surface area contributed by atoms with Crippen LogP contribution in [0, 0.1) is 0 Å². The molecule has 0 bridgehead atoms. The Balaban J connectivity index is 6.59. The zero-order chi connectivity index (χ0) is 27.7. The average Bonchev–Trinajstić information content (AvgIpc) is 2.89. The molecule has 0 aromatic heterocycles. The van der Waals surface area contributed by atoms with Gasteiger partial charge in [0.25, 0.3) is 0 Å². The van der Waals surface area contributed by atoms with E-state index in [2.05, 4.69) is 0 Å². The van der Waals surface area contributed by atoms with E-state index in [0.29, 0.717) is 0 Å². The van der Waals surface area contributed by atoms with Gasteiger partial charge in [0.2, 0.25) is 0 Å². The van der Waals surface area contributed by atoms with Crippen LogP contribution in [0.2, 0.25) is 0 Å². The fourth-order valence-corrected chi connectivity index (χ4v) is 2.63. The van der Waals surface area contributed by atoms with Crippen LogP contribution in [-0.2, 0) is 57.2 Å². The van der Waals surface area contributed by atoms with Crippen molar-refractivity contribution in [2.75, 3.05) is 13.2 Å². The summed E-state index contributed by atoms with van der Waals surface area (Å²) in [5.74, 6) is -4.21. The highest BCUT2D eigenvalue weighted by Gasteiger charge is 2.45. The third-order valence-electron chi connectivity index (χ3n) is 4.71. The van der Waals surface area contributed by atoms with Gasteiger partial charge in [-0.15, -0.1) is 0 Å². The van der Waals surface area contributed by atoms with Gasteiger partial charge < -0.3 is 28.4 Å². The topological polar surface area (TPSA) is 158 Å². The van der Waals surface area contributed by atoms with E-state index in [-0.39, 0.29) is 38.5 Å². The second-order valence-electron chi connectivity index (χ2n) is 7.45. The Labute approximate surface area is 211 Å². The minimum Gasteiger partial charge on any atom is -0.462 e. The summed E-state index contributed by atoms with van der Waals surface area (Å²) >= 11 is 0. The summed E-state index contributed by atoms with van der Waals surface area (Å²) in [4.78, 5) is 72.7. The maximum atomic E-state index is 12.3. The van der Waals surface area contributed by atoms with Gasteiger partial charge in [0.05, 0.1) is 0 Å². The lowest BCUT2D eigenvalue weighted by Gasteiger charge is -2.35. The Morgan fingerprint density at radius 1 is 0.417 bits per heavy atom. The van der Waals surface area contributed by atoms with Crippen molar-refractivity contribution in [1.82, 2.24) is 0 Å². The zero-order valence-electron chi connectivity index (χ0n) is 21.9. The second-order valence-corrected chi connectivity index (χ2v) is 7.45. The van der Waals surface area contributed by atoms with Crippen molar-refractivity contribution in [2.45, 2.75) is 104 Å². The summed E-state index contributed by atoms with van der Waals surface area (Å²) in [6.45, 7) is 8.09. The summed E-state index contributed by atoms with van der Waals surface area (Å²) in [6, 6.07) is 0. The van der Waals surface area contributed by atoms with E-state index in [1.807, 2.05) is 0 Å². The molecular formula is C24H38O12. The van der Waals surface area contributed by atoms with Crippen LogP contribution in [0.5, 0.6) is 0 Å². The molecule has 0 aromatic rings. The first kappa shape index (κ1) is 32.8. The number of esters is 6. The summed E-state index contributed by atoms with van der Waals surface area (Å²) in [6.07, 6.45) is -6.27. The highest BCUT2D eigenvalue weighted by molar-refractivity contribution is 5.72. The molecule has 0 aliphatic carbocycles. The van der Waals surface area contributed by atoms with E-state index in [1.54, 1.807) is 13.8 Å². The lowest BCUT2D eigenvalue weighted by Crippen LogP contribution is -2.54. The van der Waals surface area contributed by atoms with Gasteiger partial charge in [0, 0.05) is 38.5 Å². The molecule has 0 saturated carbocycles. The largest absolute Gasteiger partial charge is 0.462 e. The number of hydrogen-bond donors (Lipinski definition) is 0. The van der Waals surface area contributed by atoms with Crippen LogP contribution in [0.4, 0.5) is 0 Å². The van der Waals surface area contributed by atoms with Crippen molar-refractivity contribution in [3.8, 4) is 0 Å². The van der Waals surface area contributed by atoms with Gasteiger partial charge in [-0.2, -0.15) is 0 Å². The van der Waals surface area contributed by atoms with Gasteiger partial charge in [0.1, 0.15) is 13.2 Å². The first-order valence-electron chi connectivity index (χ1n) is 12.2. The third-order valence-corrected chi connectivity index (χ3v) is 4.71. The summed E-state index contributed by atoms with van der Waals surface area (Å²) in [7, 11) is 0. The molecule has 0 fully saturated rings. The predicted octanol–water partition coefficient (Wildman–Crippen LogP) is 2.18. The Hall–Kier alpha value is -3.18. The fraction of sp³-hybridized carbons (Fsp3) is 0.750. The molecule has 0 unspecified atom stereocenters. The monoisotopic (exact) mass is 518 g/mol. The van der Waals surface area contributed by atoms with Gasteiger partial charge in [-0.05, 0) is 0 Å². The molecule has 12 nitrogen and oxygen atoms in total. The SMILES string of the molecule is CCC(=O)OC[C@H](OC(=O)CC)[C@H](OC(=O)CC)[C@H](OC(=O)CC)[C@@H](COC(=O)CC)OC(=O)CC. The molecule has 0 aromatic carbocycles. The lowest BCUT2D eigenvalue weighted by atomic mass is 10.0. The Bertz CT molecular complexity index is 685. The Morgan fingerprint density at radius 3 is 0.917 bits per heavy atom. The molecule has 0 saturated heterocycles. The van der Waals surface area contributed by atoms with Gasteiger partial charge in [-0.1, -0.05) is 41.5 Å². The quantitative estimate of drug-likeness (QED) is 0.204. The minimum absolute atomic E-state index is 0.0197. The molecule has 36 heavy (non-hydrogen) atoms. The standard InChI is InChI=1S/C24H38O12/c1-7-17(25)31-13-15(33-19(27)9-3)23(35-21(29)11-5)24(36-22(30)12-6)16(34-20(28)10-4)14-32-18(26)8-2/h15-16,23-24H,7-14H2,1-6H3/t15-,16+,23-,24+. The van der Waals surface area contributed by atoms with Crippen molar-refractivity contribution >= 4 is 35.8 Å². The smallest absolute Gasteiger partial charge is 0.306 e. The molecule has 0 aliphatic rings. The number of rotatable bonds is 17. The highest BCUT2D eigenvalue weighted by Crippen LogP contribution is 2.22. The maximum Gasteiger partial charge on any atom is 0.306 e. The molecule has 12 heteroatoms. The van der Waals surface area contributed by atoms with E-state index in [9.17, 15) is 28.8 Å². The molecule has 0 amide bonds. The first-order valence-corrected chi connectivity index (χ1v) is 12.2. The predicted molar refractivity (Wildman–Crippen MR) is 123 cm³/mol. The van der Waals surface area contributed by atoms with E-state index < -0.39 is 73.4 Å². The third kappa shape index (κ3) is 12.5. The summed E-state index contributed by atoms with van der Waals surface area (Å²) in [5.41, 5.74) is 0. The van der Waals surface area contributed by atoms with Gasteiger partial charge in [-0.25, -0.2) is 0 Å². The summed E-state index contributed by atoms with van der Waals surface area (Å²) < 4.78 is 32.0. The van der Waals surface area contributed by atoms with Crippen LogP contribution >= 0.6 is 0 Å². The van der Waals surface area contributed by atoms with Gasteiger partial charge in [0.15, 0.2) is 24.4 Å². The van der Waals surface area contributed by atoms with Crippen LogP contribution in [-0.4, -0.2) is 73.4 Å². The van der Waals surface area contributed by atoms with E-state index in [4.69, 9.17) is 28.4 Å². The maximum absolute atomic E-state index is 12.3. The molecule has 0 spiro atoms. The molecular weight excluding hydrogens is 480 g/mol. The lowest BCUT2D eigenvalue weighted by molar-refractivity contribution is -0.209. The zero-order valence-corrected chi connectivity index (χ0v) is 21.9. The number of carbonyl (C=O) groups is 6. The minimum atomic E-state index is -1.57. The van der Waals surface area contributed by atoms with Gasteiger partial charge in [-0.3, -0.25) is 28.8 Å². The molecule has 206 valence electrons. The Morgan fingerprint density at radius 2 is 0.667 bits per heavy atom. The average molecular weight is 519 g/mol. The highest BCUT2D eigenvalue weighted by atomic mass is 16.6. The van der Waals surface area contributed by atoms with Crippen molar-refractivity contribution in [1.29, 1.82) is 0 Å². The normalized spacial score (nSPS) is 13.8. The van der Waals surface area contributed by atoms with Crippen molar-refractivity contribution in [3.63, 3.8) is 0 Å². The number of ether oxygens (including phenoxy) is 6. The second kappa shape index (κ2) is 18.1. The Kier molecular flexibility index (Phi) is 16.5. The molecule has 0 heterocycles. The van der Waals surface area contributed by atoms with Crippen LogP contribution in [0.1, 0.15) is 80.1 Å². The fourth-order valence-electron chi connectivity index (χ4n) is 2.63. The van der Waals surface area contributed by atoms with Crippen LogP contribution in [0.3, 0.4) is 0 Å². The summed E-state index contributed by atoms with van der Waals surface area (Å²) in [5, 5.41) is 0. The molecule has 0 N–H and O–H groups in total. The van der Waals surface area contributed by atoms with Crippen molar-refractivity contribution in [2.24, 2.45) is 0 Å². The number of hydrogen-bond acceptors (Lipinski definition) is 12. The van der Waals surface area contributed by atoms with Crippen LogP contribution in [0.15, 0.2) is 0 Å². The van der Waals surface area contributed by atoms with E-state index >= 15 is 0 Å². The molecule has 0 rings (SSSR count). The molecule has 0 aliphatic heterocycles. The molecule has 0 radical (unpaired) electrons. The first-order chi connectivity index (χ1) is 17.1. The van der Waals surface area contributed by atoms with Crippen molar-refractivity contribution < 1.29 is 57.2 Å². The molecule has 4 atom stereocenters. The van der Waals surface area contributed by atoms with Crippen molar-refractivity contribution in [3.05, 3.63) is 0 Å².